The average molecular weight is 503 g/mol. The van der Waals surface area contributed by atoms with Crippen LogP contribution in [0.4, 0.5) is 30.4 Å². The van der Waals surface area contributed by atoms with E-state index in [9.17, 15) is 18.0 Å². The zero-order valence-corrected chi connectivity index (χ0v) is 20.5. The zero-order valence-electron chi connectivity index (χ0n) is 20.5. The summed E-state index contributed by atoms with van der Waals surface area (Å²) in [4.78, 5) is 20.2. The lowest BCUT2D eigenvalue weighted by atomic mass is 9.84. The van der Waals surface area contributed by atoms with Crippen LogP contribution in [0.1, 0.15) is 62.5 Å². The van der Waals surface area contributed by atoms with E-state index < -0.39 is 12.2 Å². The second-order valence-corrected chi connectivity index (χ2v) is 10.2. The summed E-state index contributed by atoms with van der Waals surface area (Å²) in [5.41, 5.74) is 3.74. The number of halogens is 3. The molecule has 0 bridgehead atoms. The number of benzene rings is 1. The van der Waals surface area contributed by atoms with Crippen LogP contribution in [0.5, 0.6) is 0 Å². The Hall–Kier alpha value is -2.65. The number of aromatic nitrogens is 1. The summed E-state index contributed by atoms with van der Waals surface area (Å²) in [7, 11) is 0. The highest BCUT2D eigenvalue weighted by atomic mass is 19.4. The fourth-order valence-corrected chi connectivity index (χ4v) is 5.57. The molecule has 1 aromatic heterocycles. The number of nitrogens with zero attached hydrogens (tertiary/aromatic N) is 2. The molecule has 9 heteroatoms. The number of fused-ring (bicyclic) bond motifs is 2. The highest BCUT2D eigenvalue weighted by Gasteiger charge is 2.39. The third-order valence-corrected chi connectivity index (χ3v) is 7.74. The van der Waals surface area contributed by atoms with Crippen molar-refractivity contribution in [2.24, 2.45) is 5.92 Å². The van der Waals surface area contributed by atoms with Crippen LogP contribution < -0.4 is 15.5 Å². The van der Waals surface area contributed by atoms with Gasteiger partial charge in [0.2, 0.25) is 5.91 Å². The number of nitrogens with one attached hydrogen (secondary N) is 2. The van der Waals surface area contributed by atoms with Crippen LogP contribution >= 0.6 is 0 Å². The largest absolute Gasteiger partial charge is 0.403 e. The van der Waals surface area contributed by atoms with Gasteiger partial charge in [0.1, 0.15) is 11.9 Å². The molecule has 2 atom stereocenters. The fourth-order valence-electron chi connectivity index (χ4n) is 5.57. The summed E-state index contributed by atoms with van der Waals surface area (Å²) in [6, 6.07) is 8.27. The molecule has 3 aliphatic rings. The number of anilines is 3. The predicted octanol–water partition coefficient (Wildman–Crippen LogP) is 5.67. The lowest BCUT2D eigenvalue weighted by Gasteiger charge is -2.34. The minimum atomic E-state index is -4.27. The summed E-state index contributed by atoms with van der Waals surface area (Å²) in [5, 5.41) is 6.11. The van der Waals surface area contributed by atoms with Crippen molar-refractivity contribution in [3.63, 3.8) is 0 Å². The normalized spacial score (nSPS) is 25.2. The molecule has 194 valence electrons. The van der Waals surface area contributed by atoms with E-state index in [4.69, 9.17) is 4.74 Å². The summed E-state index contributed by atoms with van der Waals surface area (Å²) in [6.07, 6.45) is 1.76. The lowest BCUT2D eigenvalue weighted by Crippen LogP contribution is -2.47. The Morgan fingerprint density at radius 3 is 2.72 bits per heavy atom. The standard InChI is InChI=1S/C27H33F3N4O2/c1-17(27(28,29)30)32-22-9-6-18(7-10-22)26(35)34-15-20-4-2-12-31-25(20)33-23-11-8-19(14-24(23)34)21-5-3-13-36-16-21/h2,4,8,11-12,14,17-18,21-22,32H,3,5-7,9-10,13,15-16H2,1H3,(H,31,33)/t17-,18?,21+,22?/m0/s1. The van der Waals surface area contributed by atoms with Gasteiger partial charge in [0.05, 0.1) is 24.5 Å². The van der Waals surface area contributed by atoms with E-state index in [2.05, 4.69) is 27.8 Å². The Kier molecular flexibility index (Phi) is 7.21. The van der Waals surface area contributed by atoms with Crippen LogP contribution in [-0.4, -0.2) is 42.4 Å². The van der Waals surface area contributed by atoms with Gasteiger partial charge < -0.3 is 20.3 Å². The Morgan fingerprint density at radius 1 is 1.19 bits per heavy atom. The second-order valence-electron chi connectivity index (χ2n) is 10.2. The van der Waals surface area contributed by atoms with Gasteiger partial charge >= 0.3 is 6.18 Å². The molecule has 36 heavy (non-hydrogen) atoms. The Labute approximate surface area is 209 Å². The van der Waals surface area contributed by atoms with Crippen LogP contribution in [0, 0.1) is 5.92 Å². The SMILES string of the molecule is C[C@H](NC1CCC(C(=O)N2Cc3cccnc3Nc3ccc([C@@H]4CCCOC4)cc32)CC1)C(F)(F)F. The predicted molar refractivity (Wildman–Crippen MR) is 132 cm³/mol. The van der Waals surface area contributed by atoms with E-state index in [1.54, 1.807) is 6.20 Å². The molecule has 1 aromatic carbocycles. The van der Waals surface area contributed by atoms with Crippen molar-refractivity contribution < 1.29 is 22.7 Å². The first-order valence-electron chi connectivity index (χ1n) is 12.9. The van der Waals surface area contributed by atoms with E-state index in [0.29, 0.717) is 44.8 Å². The van der Waals surface area contributed by atoms with Crippen molar-refractivity contribution in [2.75, 3.05) is 23.4 Å². The van der Waals surface area contributed by atoms with Gasteiger partial charge in [-0.25, -0.2) is 4.98 Å². The van der Waals surface area contributed by atoms with E-state index in [1.807, 2.05) is 23.1 Å². The number of hydrogen-bond acceptors (Lipinski definition) is 5. The molecule has 1 saturated heterocycles. The van der Waals surface area contributed by atoms with Crippen molar-refractivity contribution in [3.8, 4) is 0 Å². The fraction of sp³-hybridized carbons (Fsp3) is 0.556. The Balaban J connectivity index is 1.37. The van der Waals surface area contributed by atoms with Crippen LogP contribution in [0.2, 0.25) is 0 Å². The molecule has 0 radical (unpaired) electrons. The van der Waals surface area contributed by atoms with E-state index in [0.717, 1.165) is 54.7 Å². The number of alkyl halides is 3. The van der Waals surface area contributed by atoms with E-state index in [1.165, 1.54) is 0 Å². The van der Waals surface area contributed by atoms with Gasteiger partial charge in [0.25, 0.3) is 0 Å². The van der Waals surface area contributed by atoms with E-state index in [-0.39, 0.29) is 17.9 Å². The van der Waals surface area contributed by atoms with Crippen molar-refractivity contribution in [3.05, 3.63) is 47.7 Å². The van der Waals surface area contributed by atoms with Gasteiger partial charge in [-0.3, -0.25) is 4.79 Å². The van der Waals surface area contributed by atoms with Crippen molar-refractivity contribution >= 4 is 23.1 Å². The second kappa shape index (κ2) is 10.4. The number of hydrogen-bond donors (Lipinski definition) is 2. The van der Waals surface area contributed by atoms with Gasteiger partial charge in [-0.1, -0.05) is 12.1 Å². The highest BCUT2D eigenvalue weighted by Crippen LogP contribution is 2.40. The minimum Gasteiger partial charge on any atom is -0.381 e. The Morgan fingerprint density at radius 2 is 2.00 bits per heavy atom. The van der Waals surface area contributed by atoms with Gasteiger partial charge in [-0.05, 0) is 69.2 Å². The lowest BCUT2D eigenvalue weighted by molar-refractivity contribution is -0.154. The molecule has 1 amide bonds. The molecule has 6 nitrogen and oxygen atoms in total. The summed E-state index contributed by atoms with van der Waals surface area (Å²) < 4.78 is 44.6. The number of carbonyl (C=O) groups excluding carboxylic acids is 1. The topological polar surface area (TPSA) is 66.5 Å². The van der Waals surface area contributed by atoms with Crippen LogP contribution in [0.3, 0.4) is 0 Å². The molecule has 0 unspecified atom stereocenters. The molecule has 2 aliphatic heterocycles. The molecule has 5 rings (SSSR count). The zero-order chi connectivity index (χ0) is 25.3. The molecule has 0 spiro atoms. The number of ether oxygens (including phenoxy) is 1. The monoisotopic (exact) mass is 502 g/mol. The summed E-state index contributed by atoms with van der Waals surface area (Å²) >= 11 is 0. The minimum absolute atomic E-state index is 0.0223. The van der Waals surface area contributed by atoms with Crippen LogP contribution in [-0.2, 0) is 16.1 Å². The smallest absolute Gasteiger partial charge is 0.381 e. The molecule has 2 aromatic rings. The molecular weight excluding hydrogens is 469 g/mol. The quantitative estimate of drug-likeness (QED) is 0.564. The third-order valence-electron chi connectivity index (χ3n) is 7.74. The third kappa shape index (κ3) is 5.37. The van der Waals surface area contributed by atoms with Gasteiger partial charge in [0, 0.05) is 36.2 Å². The molecule has 1 aliphatic carbocycles. The van der Waals surface area contributed by atoms with Crippen LogP contribution in [0.25, 0.3) is 0 Å². The maximum absolute atomic E-state index is 13.9. The first-order valence-corrected chi connectivity index (χ1v) is 12.9. The molecule has 2 N–H and O–H groups in total. The summed E-state index contributed by atoms with van der Waals surface area (Å²) in [6.45, 7) is 3.01. The first kappa shape index (κ1) is 25.0. The maximum atomic E-state index is 13.9. The van der Waals surface area contributed by atoms with Gasteiger partial charge in [-0.15, -0.1) is 0 Å². The number of pyridine rings is 1. The molecule has 1 saturated carbocycles. The highest BCUT2D eigenvalue weighted by molar-refractivity contribution is 5.99. The van der Waals surface area contributed by atoms with Gasteiger partial charge in [0.15, 0.2) is 0 Å². The number of amides is 1. The molecular formula is C27H33F3N4O2. The number of carbonyl (C=O) groups is 1. The molecule has 3 heterocycles. The van der Waals surface area contributed by atoms with Crippen molar-refractivity contribution in [2.45, 2.75) is 76.2 Å². The maximum Gasteiger partial charge on any atom is 0.403 e. The van der Waals surface area contributed by atoms with E-state index >= 15 is 0 Å². The van der Waals surface area contributed by atoms with Gasteiger partial charge in [-0.2, -0.15) is 13.2 Å². The summed E-state index contributed by atoms with van der Waals surface area (Å²) in [5.74, 6) is 0.824. The number of rotatable bonds is 4. The molecule has 2 fully saturated rings. The average Bonchev–Trinajstić information content (AvgIpc) is 3.05. The van der Waals surface area contributed by atoms with Crippen LogP contribution in [0.15, 0.2) is 36.5 Å². The Bertz CT molecular complexity index is 1080. The van der Waals surface area contributed by atoms with Crippen molar-refractivity contribution in [1.29, 1.82) is 0 Å². The first-order chi connectivity index (χ1) is 17.3. The van der Waals surface area contributed by atoms with Crippen molar-refractivity contribution in [1.82, 2.24) is 10.3 Å².